The number of nitrogens with one attached hydrogen (secondary N) is 1. The molecular weight excluding hydrogens is 336 g/mol. The Labute approximate surface area is 132 Å². The zero-order chi connectivity index (χ0) is 15.2. The fourth-order valence-electron chi connectivity index (χ4n) is 2.37. The van der Waals surface area contributed by atoms with Gasteiger partial charge in [-0.2, -0.15) is 0 Å². The maximum atomic E-state index is 14.0. The standard InChI is InChI=1S/C17H18BrF2N/c1-2-21-11-13(14-5-3-4-6-16(14)19)9-12-7-8-17(20)15(18)10-12/h3-8,10,13,21H,2,9,11H2,1H3. The first-order valence-electron chi connectivity index (χ1n) is 7.01. The van der Waals surface area contributed by atoms with Crippen molar-refractivity contribution >= 4 is 15.9 Å². The normalized spacial score (nSPS) is 12.4. The highest BCUT2D eigenvalue weighted by atomic mass is 79.9. The lowest BCUT2D eigenvalue weighted by Crippen LogP contribution is -2.23. The van der Waals surface area contributed by atoms with Crippen molar-refractivity contribution in [3.8, 4) is 0 Å². The van der Waals surface area contributed by atoms with Crippen molar-refractivity contribution in [3.63, 3.8) is 0 Å². The molecule has 0 fully saturated rings. The number of hydrogen-bond acceptors (Lipinski definition) is 1. The van der Waals surface area contributed by atoms with Crippen LogP contribution in [0.1, 0.15) is 24.0 Å². The van der Waals surface area contributed by atoms with Crippen molar-refractivity contribution in [2.45, 2.75) is 19.3 Å². The fourth-order valence-corrected chi connectivity index (χ4v) is 2.79. The van der Waals surface area contributed by atoms with Crippen LogP contribution in [0.3, 0.4) is 0 Å². The van der Waals surface area contributed by atoms with Crippen molar-refractivity contribution < 1.29 is 8.78 Å². The molecule has 1 unspecified atom stereocenters. The maximum absolute atomic E-state index is 14.0. The Morgan fingerprint density at radius 1 is 1.10 bits per heavy atom. The summed E-state index contributed by atoms with van der Waals surface area (Å²) in [6, 6.07) is 11.8. The summed E-state index contributed by atoms with van der Waals surface area (Å²) in [7, 11) is 0. The molecule has 0 aliphatic carbocycles. The summed E-state index contributed by atoms with van der Waals surface area (Å²) in [4.78, 5) is 0. The molecule has 4 heteroatoms. The molecule has 1 atom stereocenters. The van der Waals surface area contributed by atoms with E-state index in [0.29, 0.717) is 23.0 Å². The highest BCUT2D eigenvalue weighted by molar-refractivity contribution is 9.10. The molecular formula is C17H18BrF2N. The molecule has 0 bridgehead atoms. The number of likely N-dealkylation sites (N-methyl/N-ethyl adjacent to an activating group) is 1. The second kappa shape index (κ2) is 7.66. The Morgan fingerprint density at radius 3 is 2.52 bits per heavy atom. The first-order valence-corrected chi connectivity index (χ1v) is 7.80. The van der Waals surface area contributed by atoms with E-state index < -0.39 is 0 Å². The van der Waals surface area contributed by atoms with Crippen LogP contribution >= 0.6 is 15.9 Å². The summed E-state index contributed by atoms with van der Waals surface area (Å²) in [5, 5.41) is 3.27. The lowest BCUT2D eigenvalue weighted by molar-refractivity contribution is 0.543. The Hall–Kier alpha value is -1.26. The largest absolute Gasteiger partial charge is 0.316 e. The van der Waals surface area contributed by atoms with Gasteiger partial charge in [0.05, 0.1) is 4.47 Å². The van der Waals surface area contributed by atoms with Crippen LogP contribution in [0.5, 0.6) is 0 Å². The molecule has 0 radical (unpaired) electrons. The first-order chi connectivity index (χ1) is 10.1. The quantitative estimate of drug-likeness (QED) is 0.795. The first kappa shape index (κ1) is 16.1. The van der Waals surface area contributed by atoms with Gasteiger partial charge in [-0.1, -0.05) is 31.2 Å². The van der Waals surface area contributed by atoms with E-state index in [1.807, 2.05) is 19.1 Å². The van der Waals surface area contributed by atoms with E-state index in [1.165, 1.54) is 12.1 Å². The summed E-state index contributed by atoms with van der Waals surface area (Å²) in [5.41, 5.74) is 1.67. The van der Waals surface area contributed by atoms with E-state index in [0.717, 1.165) is 12.1 Å². The maximum Gasteiger partial charge on any atom is 0.137 e. The minimum Gasteiger partial charge on any atom is -0.316 e. The molecule has 0 aliphatic heterocycles. The Kier molecular flexibility index (Phi) is 5.88. The molecule has 2 aromatic carbocycles. The highest BCUT2D eigenvalue weighted by Crippen LogP contribution is 2.25. The predicted octanol–water partition coefficient (Wildman–Crippen LogP) is 4.66. The Bertz CT molecular complexity index is 601. The molecule has 112 valence electrons. The highest BCUT2D eigenvalue weighted by Gasteiger charge is 2.16. The summed E-state index contributed by atoms with van der Waals surface area (Å²) < 4.78 is 27.8. The van der Waals surface area contributed by atoms with E-state index in [4.69, 9.17) is 0 Å². The second-order valence-corrected chi connectivity index (χ2v) is 5.83. The average molecular weight is 354 g/mol. The van der Waals surface area contributed by atoms with Gasteiger partial charge in [0.1, 0.15) is 11.6 Å². The van der Waals surface area contributed by atoms with Gasteiger partial charge >= 0.3 is 0 Å². The third kappa shape index (κ3) is 4.35. The van der Waals surface area contributed by atoms with E-state index in [9.17, 15) is 8.78 Å². The second-order valence-electron chi connectivity index (χ2n) is 4.98. The predicted molar refractivity (Wildman–Crippen MR) is 85.5 cm³/mol. The number of benzene rings is 2. The van der Waals surface area contributed by atoms with Gasteiger partial charge in [-0.3, -0.25) is 0 Å². The van der Waals surface area contributed by atoms with Crippen molar-refractivity contribution in [1.29, 1.82) is 0 Å². The van der Waals surface area contributed by atoms with Crippen LogP contribution in [0.15, 0.2) is 46.9 Å². The lowest BCUT2D eigenvalue weighted by atomic mass is 9.91. The molecule has 0 aliphatic rings. The molecule has 1 N–H and O–H groups in total. The molecule has 1 nitrogen and oxygen atoms in total. The van der Waals surface area contributed by atoms with Gasteiger partial charge in [0, 0.05) is 12.5 Å². The summed E-state index contributed by atoms with van der Waals surface area (Å²) in [6.07, 6.45) is 0.660. The minimum absolute atomic E-state index is 0.0171. The number of hydrogen-bond donors (Lipinski definition) is 1. The molecule has 2 rings (SSSR count). The third-order valence-electron chi connectivity index (χ3n) is 3.45. The van der Waals surface area contributed by atoms with Gasteiger partial charge in [0.15, 0.2) is 0 Å². The fraction of sp³-hybridized carbons (Fsp3) is 0.294. The van der Waals surface area contributed by atoms with E-state index in [1.54, 1.807) is 18.2 Å². The summed E-state index contributed by atoms with van der Waals surface area (Å²) in [5.74, 6) is -0.460. The molecule has 0 saturated carbocycles. The van der Waals surface area contributed by atoms with Crippen molar-refractivity contribution in [1.82, 2.24) is 5.32 Å². The molecule has 0 amide bonds. The smallest absolute Gasteiger partial charge is 0.137 e. The van der Waals surface area contributed by atoms with E-state index >= 15 is 0 Å². The molecule has 0 aromatic heterocycles. The topological polar surface area (TPSA) is 12.0 Å². The van der Waals surface area contributed by atoms with Gasteiger partial charge in [0.25, 0.3) is 0 Å². The molecule has 0 saturated heterocycles. The number of rotatable bonds is 6. The van der Waals surface area contributed by atoms with Crippen LogP contribution in [0.25, 0.3) is 0 Å². The van der Waals surface area contributed by atoms with Crippen LogP contribution in [-0.2, 0) is 6.42 Å². The van der Waals surface area contributed by atoms with E-state index in [-0.39, 0.29) is 17.6 Å². The molecule has 21 heavy (non-hydrogen) atoms. The van der Waals surface area contributed by atoms with Crippen LogP contribution in [-0.4, -0.2) is 13.1 Å². The van der Waals surface area contributed by atoms with Gasteiger partial charge in [0.2, 0.25) is 0 Å². The van der Waals surface area contributed by atoms with Crippen LogP contribution in [0.2, 0.25) is 0 Å². The summed E-state index contributed by atoms with van der Waals surface area (Å²) in [6.45, 7) is 3.54. The summed E-state index contributed by atoms with van der Waals surface area (Å²) >= 11 is 3.19. The zero-order valence-electron chi connectivity index (χ0n) is 11.9. The van der Waals surface area contributed by atoms with Gasteiger partial charge in [-0.05, 0) is 58.2 Å². The van der Waals surface area contributed by atoms with Crippen LogP contribution < -0.4 is 5.32 Å². The van der Waals surface area contributed by atoms with E-state index in [2.05, 4.69) is 21.2 Å². The van der Waals surface area contributed by atoms with Gasteiger partial charge < -0.3 is 5.32 Å². The monoisotopic (exact) mass is 353 g/mol. The molecule has 0 heterocycles. The average Bonchev–Trinajstić information content (AvgIpc) is 2.48. The SMILES string of the molecule is CCNCC(Cc1ccc(F)c(Br)c1)c1ccccc1F. The van der Waals surface area contributed by atoms with Gasteiger partial charge in [-0.25, -0.2) is 8.78 Å². The van der Waals surface area contributed by atoms with Crippen LogP contribution in [0.4, 0.5) is 8.78 Å². The number of halogens is 3. The Morgan fingerprint density at radius 2 is 1.86 bits per heavy atom. The third-order valence-corrected chi connectivity index (χ3v) is 4.06. The lowest BCUT2D eigenvalue weighted by Gasteiger charge is -2.19. The van der Waals surface area contributed by atoms with Crippen LogP contribution in [0, 0.1) is 11.6 Å². The zero-order valence-corrected chi connectivity index (χ0v) is 13.5. The molecule has 2 aromatic rings. The van der Waals surface area contributed by atoms with Crippen molar-refractivity contribution in [3.05, 3.63) is 69.7 Å². The van der Waals surface area contributed by atoms with Crippen molar-refractivity contribution in [2.24, 2.45) is 0 Å². The molecule has 0 spiro atoms. The minimum atomic E-state index is -0.284. The van der Waals surface area contributed by atoms with Crippen molar-refractivity contribution in [2.75, 3.05) is 13.1 Å². The Balaban J connectivity index is 2.24. The van der Waals surface area contributed by atoms with Gasteiger partial charge in [-0.15, -0.1) is 0 Å².